The van der Waals surface area contributed by atoms with Crippen LogP contribution in [0.2, 0.25) is 0 Å². The molecule has 0 spiro atoms. The fourth-order valence-corrected chi connectivity index (χ4v) is 2.84. The number of quaternary nitrogens is 1. The molecule has 1 aliphatic rings. The van der Waals surface area contributed by atoms with Crippen molar-refractivity contribution in [2.45, 2.75) is 32.2 Å². The van der Waals surface area contributed by atoms with Gasteiger partial charge in [0, 0.05) is 5.56 Å². The van der Waals surface area contributed by atoms with Crippen LogP contribution in [0.4, 0.5) is 0 Å². The molecule has 0 aromatic heterocycles. The quantitative estimate of drug-likeness (QED) is 0.890. The molecule has 1 heterocycles. The van der Waals surface area contributed by atoms with Gasteiger partial charge >= 0.3 is 0 Å². The van der Waals surface area contributed by atoms with Gasteiger partial charge in [-0.2, -0.15) is 5.26 Å². The van der Waals surface area contributed by atoms with Crippen LogP contribution in [0.25, 0.3) is 0 Å². The van der Waals surface area contributed by atoms with Crippen LogP contribution in [0.15, 0.2) is 18.2 Å². The van der Waals surface area contributed by atoms with E-state index in [4.69, 9.17) is 9.47 Å². The maximum atomic E-state index is 9.54. The first-order valence-corrected chi connectivity index (χ1v) is 7.35. The molecule has 0 unspecified atom stereocenters. The molecule has 0 radical (unpaired) electrons. The highest BCUT2D eigenvalue weighted by Crippen LogP contribution is 2.29. The van der Waals surface area contributed by atoms with Gasteiger partial charge in [-0.05, 0) is 44.4 Å². The van der Waals surface area contributed by atoms with Crippen molar-refractivity contribution in [3.63, 3.8) is 0 Å². The first-order valence-electron chi connectivity index (χ1n) is 7.35. The largest absolute Gasteiger partial charge is 0.493 e. The number of likely N-dealkylation sites (tertiary alicyclic amines) is 1. The Morgan fingerprint density at radius 3 is 2.60 bits per heavy atom. The van der Waals surface area contributed by atoms with Crippen LogP contribution in [-0.2, 0) is 0 Å². The molecule has 4 nitrogen and oxygen atoms in total. The van der Waals surface area contributed by atoms with Gasteiger partial charge in [0.05, 0.1) is 26.8 Å². The van der Waals surface area contributed by atoms with Gasteiger partial charge in [0.1, 0.15) is 6.07 Å². The van der Waals surface area contributed by atoms with Crippen molar-refractivity contribution < 1.29 is 14.4 Å². The summed E-state index contributed by atoms with van der Waals surface area (Å²) in [5, 5.41) is 9.54. The lowest BCUT2D eigenvalue weighted by atomic mass is 10.0. The summed E-state index contributed by atoms with van der Waals surface area (Å²) in [5.74, 6) is 1.45. The topological polar surface area (TPSA) is 46.7 Å². The Hall–Kier alpha value is -1.73. The monoisotopic (exact) mass is 275 g/mol. The van der Waals surface area contributed by atoms with E-state index < -0.39 is 0 Å². The van der Waals surface area contributed by atoms with Gasteiger partial charge in [0.2, 0.25) is 6.04 Å². The van der Waals surface area contributed by atoms with Crippen LogP contribution < -0.4 is 14.4 Å². The summed E-state index contributed by atoms with van der Waals surface area (Å²) < 4.78 is 10.9. The van der Waals surface area contributed by atoms with E-state index >= 15 is 0 Å². The lowest BCUT2D eigenvalue weighted by molar-refractivity contribution is -0.927. The molecule has 2 rings (SSSR count). The second kappa shape index (κ2) is 7.16. The summed E-state index contributed by atoms with van der Waals surface area (Å²) in [4.78, 5) is 1.37. The van der Waals surface area contributed by atoms with Crippen LogP contribution >= 0.6 is 0 Å². The maximum Gasteiger partial charge on any atom is 0.200 e. The molecule has 1 fully saturated rings. The normalized spacial score (nSPS) is 17.2. The number of ether oxygens (including phenoxy) is 2. The smallest absolute Gasteiger partial charge is 0.200 e. The maximum absolute atomic E-state index is 9.54. The van der Waals surface area contributed by atoms with E-state index in [2.05, 4.69) is 6.07 Å². The Bertz CT molecular complexity index is 476. The highest BCUT2D eigenvalue weighted by molar-refractivity contribution is 5.44. The van der Waals surface area contributed by atoms with Gasteiger partial charge in [-0.3, -0.25) is 0 Å². The summed E-state index contributed by atoms with van der Waals surface area (Å²) >= 11 is 0. The molecular weight excluding hydrogens is 252 g/mol. The number of nitrogens with zero attached hydrogens (tertiary/aromatic N) is 1. The third kappa shape index (κ3) is 3.23. The highest BCUT2D eigenvalue weighted by atomic mass is 16.5. The van der Waals surface area contributed by atoms with Crippen LogP contribution in [0.5, 0.6) is 11.5 Å². The van der Waals surface area contributed by atoms with Crippen molar-refractivity contribution in [2.75, 3.05) is 26.8 Å². The summed E-state index contributed by atoms with van der Waals surface area (Å²) in [7, 11) is 1.63. The van der Waals surface area contributed by atoms with Gasteiger partial charge in [-0.1, -0.05) is 0 Å². The predicted molar refractivity (Wildman–Crippen MR) is 77.1 cm³/mol. The Labute approximate surface area is 120 Å². The number of hydrogen-bond acceptors (Lipinski definition) is 3. The first kappa shape index (κ1) is 14.7. The van der Waals surface area contributed by atoms with Gasteiger partial charge in [0.25, 0.3) is 0 Å². The van der Waals surface area contributed by atoms with Crippen molar-refractivity contribution in [3.8, 4) is 17.6 Å². The summed E-state index contributed by atoms with van der Waals surface area (Å²) in [6.45, 7) is 4.69. The van der Waals surface area contributed by atoms with E-state index in [-0.39, 0.29) is 6.04 Å². The SMILES string of the molecule is CCOc1cc([C@H](C#N)[NH+]2CCCCC2)ccc1OC. The van der Waals surface area contributed by atoms with Crippen LogP contribution in [0.3, 0.4) is 0 Å². The molecular formula is C16H23N2O2+. The fourth-order valence-electron chi connectivity index (χ4n) is 2.84. The predicted octanol–water partition coefficient (Wildman–Crippen LogP) is 1.73. The van der Waals surface area contributed by atoms with Crippen molar-refractivity contribution in [1.82, 2.24) is 0 Å². The molecule has 0 aliphatic carbocycles. The highest BCUT2D eigenvalue weighted by Gasteiger charge is 2.26. The van der Waals surface area contributed by atoms with Gasteiger partial charge in [-0.15, -0.1) is 0 Å². The molecule has 108 valence electrons. The molecule has 20 heavy (non-hydrogen) atoms. The molecule has 0 saturated carbocycles. The van der Waals surface area contributed by atoms with Crippen LogP contribution in [0, 0.1) is 11.3 Å². The number of hydrogen-bond donors (Lipinski definition) is 1. The molecule has 1 aliphatic heterocycles. The van der Waals surface area contributed by atoms with Crippen molar-refractivity contribution in [2.24, 2.45) is 0 Å². The van der Waals surface area contributed by atoms with Gasteiger partial charge in [-0.25, -0.2) is 0 Å². The van der Waals surface area contributed by atoms with Gasteiger partial charge < -0.3 is 14.4 Å². The second-order valence-corrected chi connectivity index (χ2v) is 5.12. The molecule has 0 amide bonds. The molecule has 1 N–H and O–H groups in total. The number of piperidine rings is 1. The summed E-state index contributed by atoms with van der Waals surface area (Å²) in [6.07, 6.45) is 3.71. The Balaban J connectivity index is 2.25. The van der Waals surface area contributed by atoms with E-state index in [1.54, 1.807) is 7.11 Å². The average Bonchev–Trinajstić information content (AvgIpc) is 2.50. The number of benzene rings is 1. The fraction of sp³-hybridized carbons (Fsp3) is 0.562. The van der Waals surface area contributed by atoms with Gasteiger partial charge in [0.15, 0.2) is 11.5 Å². The average molecular weight is 275 g/mol. The second-order valence-electron chi connectivity index (χ2n) is 5.12. The summed E-state index contributed by atoms with van der Waals surface area (Å²) in [5.41, 5.74) is 1.02. The molecule has 1 aromatic carbocycles. The van der Waals surface area contributed by atoms with E-state index in [1.165, 1.54) is 24.2 Å². The standard InChI is InChI=1S/C16H22N2O2/c1-3-20-16-11-13(7-8-15(16)19-2)14(12-17)18-9-5-4-6-10-18/h7-8,11,14H,3-6,9-10H2,1-2H3/p+1/t14-/m0/s1. The first-order chi connectivity index (χ1) is 9.80. The minimum atomic E-state index is -0.111. The molecule has 0 bridgehead atoms. The lowest BCUT2D eigenvalue weighted by Crippen LogP contribution is -3.13. The third-order valence-corrected chi connectivity index (χ3v) is 3.85. The Morgan fingerprint density at radius 1 is 1.25 bits per heavy atom. The minimum Gasteiger partial charge on any atom is -0.493 e. The van der Waals surface area contributed by atoms with E-state index in [0.29, 0.717) is 6.61 Å². The molecule has 1 aromatic rings. The number of methoxy groups -OCH3 is 1. The third-order valence-electron chi connectivity index (χ3n) is 3.85. The molecule has 1 atom stereocenters. The molecule has 4 heteroatoms. The van der Waals surface area contributed by atoms with Crippen LogP contribution in [0.1, 0.15) is 37.8 Å². The summed E-state index contributed by atoms with van der Waals surface area (Å²) in [6, 6.07) is 8.19. The lowest BCUT2D eigenvalue weighted by Gasteiger charge is -2.28. The minimum absolute atomic E-state index is 0.111. The Morgan fingerprint density at radius 2 is 2.00 bits per heavy atom. The van der Waals surface area contributed by atoms with Crippen molar-refractivity contribution in [1.29, 1.82) is 5.26 Å². The van der Waals surface area contributed by atoms with E-state index in [0.717, 1.165) is 30.2 Å². The molecule has 1 saturated heterocycles. The van der Waals surface area contributed by atoms with E-state index in [1.807, 2.05) is 25.1 Å². The number of rotatable bonds is 5. The Kier molecular flexibility index (Phi) is 5.25. The number of nitriles is 1. The zero-order valence-electron chi connectivity index (χ0n) is 12.3. The zero-order chi connectivity index (χ0) is 14.4. The van der Waals surface area contributed by atoms with Crippen LogP contribution in [-0.4, -0.2) is 26.8 Å². The number of nitrogens with one attached hydrogen (secondary N) is 1. The van der Waals surface area contributed by atoms with E-state index in [9.17, 15) is 5.26 Å². The van der Waals surface area contributed by atoms with Crippen molar-refractivity contribution >= 4 is 0 Å². The van der Waals surface area contributed by atoms with Crippen molar-refractivity contribution in [3.05, 3.63) is 23.8 Å². The zero-order valence-corrected chi connectivity index (χ0v) is 12.3.